The summed E-state index contributed by atoms with van der Waals surface area (Å²) >= 11 is 0. The van der Waals surface area contributed by atoms with Crippen molar-refractivity contribution < 1.29 is 33.0 Å². The Labute approximate surface area is 143 Å². The van der Waals surface area contributed by atoms with E-state index in [0.29, 0.717) is 0 Å². The monoisotopic (exact) mass is 351 g/mol. The summed E-state index contributed by atoms with van der Waals surface area (Å²) in [6, 6.07) is 4.31. The number of Topliss-reactive ketones (excluding diaryl/α,β-unsaturated/α-hetero) is 1. The molecular weight excluding hydrogens is 333 g/mol. The second kappa shape index (κ2) is 6.89. The molecule has 0 saturated carbocycles. The first-order valence-electron chi connectivity index (χ1n) is 7.84. The number of carbonyl (C=O) groups is 3. The molecule has 2 fully saturated rings. The molecule has 0 amide bonds. The van der Waals surface area contributed by atoms with Gasteiger partial charge >= 0.3 is 11.9 Å². The number of carbonyl (C=O) groups excluding carboxylic acids is 3. The van der Waals surface area contributed by atoms with E-state index in [-0.39, 0.29) is 18.0 Å². The van der Waals surface area contributed by atoms with Crippen LogP contribution in [0.2, 0.25) is 0 Å². The summed E-state index contributed by atoms with van der Waals surface area (Å²) in [6.45, 7) is 0.929. The topological polar surface area (TPSA) is 90.9 Å². The van der Waals surface area contributed by atoms with Crippen LogP contribution in [0.5, 0.6) is 0 Å². The standard InChI is InChI=1S/C17H18FNO6/c1-8(20)25-17-13-12(11(21)7-24-17)14(19-15(13)16(22)23-2)9-5-3-4-6-10(9)18/h3-6,12-15,17,19H,7H2,1-2H3/t12-,13+,14-,15-,17+/m0/s1. The van der Waals surface area contributed by atoms with E-state index in [9.17, 15) is 18.8 Å². The normalized spacial score (nSPS) is 31.3. The molecule has 0 radical (unpaired) electrons. The van der Waals surface area contributed by atoms with Gasteiger partial charge in [-0.3, -0.25) is 19.7 Å². The highest BCUT2D eigenvalue weighted by atomic mass is 19.1. The Kier molecular flexibility index (Phi) is 4.82. The van der Waals surface area contributed by atoms with Crippen molar-refractivity contribution in [3.63, 3.8) is 0 Å². The van der Waals surface area contributed by atoms with Crippen LogP contribution in [0, 0.1) is 17.7 Å². The maximum Gasteiger partial charge on any atom is 0.323 e. The highest BCUT2D eigenvalue weighted by Crippen LogP contribution is 2.44. The molecule has 134 valence electrons. The first kappa shape index (κ1) is 17.5. The highest BCUT2D eigenvalue weighted by molar-refractivity contribution is 5.87. The lowest BCUT2D eigenvalue weighted by atomic mass is 9.79. The molecule has 1 aromatic carbocycles. The fourth-order valence-corrected chi connectivity index (χ4v) is 3.58. The van der Waals surface area contributed by atoms with Crippen molar-refractivity contribution in [3.8, 4) is 0 Å². The molecular formula is C17H18FNO6. The van der Waals surface area contributed by atoms with Crippen molar-refractivity contribution in [2.45, 2.75) is 25.3 Å². The Morgan fingerprint density at radius 3 is 2.68 bits per heavy atom. The van der Waals surface area contributed by atoms with E-state index in [1.807, 2.05) is 0 Å². The molecule has 0 aliphatic carbocycles. The molecule has 25 heavy (non-hydrogen) atoms. The number of fused-ring (bicyclic) bond motifs is 1. The number of esters is 2. The van der Waals surface area contributed by atoms with Crippen LogP contribution in [-0.4, -0.2) is 43.8 Å². The number of benzene rings is 1. The van der Waals surface area contributed by atoms with E-state index in [2.05, 4.69) is 5.32 Å². The third-order valence-corrected chi connectivity index (χ3v) is 4.57. The van der Waals surface area contributed by atoms with Gasteiger partial charge in [-0.05, 0) is 6.07 Å². The molecule has 2 aliphatic rings. The van der Waals surface area contributed by atoms with Gasteiger partial charge in [-0.25, -0.2) is 4.39 Å². The van der Waals surface area contributed by atoms with Gasteiger partial charge in [-0.2, -0.15) is 0 Å². The van der Waals surface area contributed by atoms with Crippen molar-refractivity contribution in [2.24, 2.45) is 11.8 Å². The molecule has 3 rings (SSSR count). The summed E-state index contributed by atoms with van der Waals surface area (Å²) in [5.41, 5.74) is 0.265. The van der Waals surface area contributed by atoms with E-state index in [1.54, 1.807) is 12.1 Å². The van der Waals surface area contributed by atoms with Gasteiger partial charge in [0.15, 0.2) is 5.78 Å². The van der Waals surface area contributed by atoms with E-state index in [0.717, 1.165) is 0 Å². The lowest BCUT2D eigenvalue weighted by Gasteiger charge is -2.34. The van der Waals surface area contributed by atoms with Crippen molar-refractivity contribution in [1.82, 2.24) is 5.32 Å². The van der Waals surface area contributed by atoms with Gasteiger partial charge < -0.3 is 14.2 Å². The summed E-state index contributed by atoms with van der Waals surface area (Å²) in [5.74, 6) is -3.60. The molecule has 2 heterocycles. The smallest absolute Gasteiger partial charge is 0.323 e. The fourth-order valence-electron chi connectivity index (χ4n) is 3.58. The number of nitrogens with one attached hydrogen (secondary N) is 1. The minimum atomic E-state index is -1.09. The molecule has 1 aromatic rings. The van der Waals surface area contributed by atoms with Crippen molar-refractivity contribution in [2.75, 3.05) is 13.7 Å². The zero-order valence-electron chi connectivity index (χ0n) is 13.7. The van der Waals surface area contributed by atoms with Gasteiger partial charge in [0.1, 0.15) is 18.5 Å². The van der Waals surface area contributed by atoms with Gasteiger partial charge in [-0.15, -0.1) is 0 Å². The number of ketones is 1. The predicted molar refractivity (Wildman–Crippen MR) is 81.6 cm³/mol. The Hall–Kier alpha value is -2.32. The molecule has 2 aliphatic heterocycles. The lowest BCUT2D eigenvalue weighted by Crippen LogP contribution is -2.49. The molecule has 0 unspecified atom stereocenters. The fraction of sp³-hybridized carbons (Fsp3) is 0.471. The Morgan fingerprint density at radius 1 is 1.32 bits per heavy atom. The van der Waals surface area contributed by atoms with Crippen LogP contribution in [0.3, 0.4) is 0 Å². The largest absolute Gasteiger partial charge is 0.468 e. The van der Waals surface area contributed by atoms with E-state index < -0.39 is 48.0 Å². The average molecular weight is 351 g/mol. The number of hydrogen-bond donors (Lipinski definition) is 1. The molecule has 8 heteroatoms. The number of ether oxygens (including phenoxy) is 3. The molecule has 5 atom stereocenters. The molecule has 1 N–H and O–H groups in total. The van der Waals surface area contributed by atoms with Crippen molar-refractivity contribution in [1.29, 1.82) is 0 Å². The van der Waals surface area contributed by atoms with Crippen LogP contribution in [-0.2, 0) is 28.6 Å². The van der Waals surface area contributed by atoms with Crippen LogP contribution in [0.15, 0.2) is 24.3 Å². The van der Waals surface area contributed by atoms with Crippen molar-refractivity contribution >= 4 is 17.7 Å². The molecule has 0 bridgehead atoms. The SMILES string of the molecule is COC(=O)[C@H]1N[C@@H](c2ccccc2F)[C@H]2C(=O)CO[C@H](OC(C)=O)[C@H]21. The van der Waals surface area contributed by atoms with Gasteiger partial charge in [0.25, 0.3) is 0 Å². The molecule has 7 nitrogen and oxygen atoms in total. The highest BCUT2D eigenvalue weighted by Gasteiger charge is 2.57. The minimum absolute atomic E-state index is 0.265. The summed E-state index contributed by atoms with van der Waals surface area (Å²) in [4.78, 5) is 36.0. The van der Waals surface area contributed by atoms with E-state index >= 15 is 0 Å². The summed E-state index contributed by atoms with van der Waals surface area (Å²) in [5, 5.41) is 2.97. The molecule has 0 aromatic heterocycles. The summed E-state index contributed by atoms with van der Waals surface area (Å²) in [7, 11) is 1.21. The second-order valence-corrected chi connectivity index (χ2v) is 6.02. The maximum atomic E-state index is 14.3. The maximum absolute atomic E-state index is 14.3. The second-order valence-electron chi connectivity index (χ2n) is 6.02. The minimum Gasteiger partial charge on any atom is -0.468 e. The van der Waals surface area contributed by atoms with Gasteiger partial charge in [0, 0.05) is 18.5 Å². The van der Waals surface area contributed by atoms with Gasteiger partial charge in [0.05, 0.1) is 18.9 Å². The van der Waals surface area contributed by atoms with Crippen LogP contribution in [0.4, 0.5) is 4.39 Å². The third-order valence-electron chi connectivity index (χ3n) is 4.57. The van der Waals surface area contributed by atoms with Gasteiger partial charge in [0.2, 0.25) is 6.29 Å². The quantitative estimate of drug-likeness (QED) is 0.803. The zero-order valence-corrected chi connectivity index (χ0v) is 13.7. The Bertz CT molecular complexity index is 708. The number of rotatable bonds is 3. The lowest BCUT2D eigenvalue weighted by molar-refractivity contribution is -0.209. The number of methoxy groups -OCH3 is 1. The Balaban J connectivity index is 2.02. The van der Waals surface area contributed by atoms with E-state index in [1.165, 1.54) is 26.2 Å². The number of hydrogen-bond acceptors (Lipinski definition) is 7. The van der Waals surface area contributed by atoms with Crippen LogP contribution in [0.25, 0.3) is 0 Å². The first-order chi connectivity index (χ1) is 11.9. The van der Waals surface area contributed by atoms with Crippen molar-refractivity contribution in [3.05, 3.63) is 35.6 Å². The summed E-state index contributed by atoms with van der Waals surface area (Å²) < 4.78 is 29.5. The molecule has 0 spiro atoms. The Morgan fingerprint density at radius 2 is 2.04 bits per heavy atom. The zero-order chi connectivity index (χ0) is 18.1. The van der Waals surface area contributed by atoms with Crippen LogP contribution in [0.1, 0.15) is 18.5 Å². The van der Waals surface area contributed by atoms with E-state index in [4.69, 9.17) is 14.2 Å². The predicted octanol–water partition coefficient (Wildman–Crippen LogP) is 0.732. The summed E-state index contributed by atoms with van der Waals surface area (Å²) in [6.07, 6.45) is -1.09. The van der Waals surface area contributed by atoms with Crippen LogP contribution < -0.4 is 5.32 Å². The molecule has 2 saturated heterocycles. The van der Waals surface area contributed by atoms with Crippen LogP contribution >= 0.6 is 0 Å². The first-order valence-corrected chi connectivity index (χ1v) is 7.84. The average Bonchev–Trinajstić information content (AvgIpc) is 2.98. The number of halogens is 1. The third kappa shape index (κ3) is 3.14. The van der Waals surface area contributed by atoms with Gasteiger partial charge in [-0.1, -0.05) is 18.2 Å².